The summed E-state index contributed by atoms with van der Waals surface area (Å²) in [4.78, 5) is 43.5. The van der Waals surface area contributed by atoms with Crippen molar-refractivity contribution in [2.24, 2.45) is 0 Å². The van der Waals surface area contributed by atoms with Crippen LogP contribution in [0.15, 0.2) is 84.4 Å². The van der Waals surface area contributed by atoms with E-state index in [1.165, 1.54) is 6.20 Å². The zero-order chi connectivity index (χ0) is 30.2. The first-order valence-electron chi connectivity index (χ1n) is 13.2. The number of anilines is 1. The summed E-state index contributed by atoms with van der Waals surface area (Å²) in [5.41, 5.74) is 9.18. The summed E-state index contributed by atoms with van der Waals surface area (Å²) >= 11 is 0. The van der Waals surface area contributed by atoms with E-state index in [9.17, 15) is 23.7 Å². The fraction of sp³-hybridized carbons (Fsp3) is 0.231. The minimum Gasteiger partial charge on any atom is -0.369 e. The van der Waals surface area contributed by atoms with Gasteiger partial charge in [-0.1, -0.05) is 54.6 Å². The fourth-order valence-electron chi connectivity index (χ4n) is 4.93. The molecule has 4 unspecified atom stereocenters. The number of phosphoric ester groups is 1. The van der Waals surface area contributed by atoms with Gasteiger partial charge in [0.2, 0.25) is 18.5 Å². The first-order valence-corrected chi connectivity index (χ1v) is 16.2. The monoisotopic (exact) mass is 628 g/mol. The average molecular weight is 628 g/mol. The number of phosphoric acid groups is 1. The summed E-state index contributed by atoms with van der Waals surface area (Å²) < 4.78 is 44.3. The number of imidazole rings is 2. The molecule has 3 aromatic heterocycles. The predicted octanol–water partition coefficient (Wildman–Crippen LogP) is 2.97. The summed E-state index contributed by atoms with van der Waals surface area (Å²) in [6.45, 7) is -0.0208. The Morgan fingerprint density at radius 1 is 1.09 bits per heavy atom. The Balaban J connectivity index is 1.18. The van der Waals surface area contributed by atoms with Crippen molar-refractivity contribution in [1.29, 1.82) is 0 Å². The van der Waals surface area contributed by atoms with Crippen molar-refractivity contribution in [1.82, 2.24) is 23.9 Å². The van der Waals surface area contributed by atoms with E-state index in [2.05, 4.69) is 19.3 Å². The molecule has 1 aliphatic heterocycles. The third-order valence-electron chi connectivity index (χ3n) is 6.92. The molecule has 6 rings (SSSR count). The number of nitrogens with two attached hydrogens (primary N) is 1. The van der Waals surface area contributed by atoms with Crippen molar-refractivity contribution in [2.75, 3.05) is 12.3 Å². The van der Waals surface area contributed by atoms with Crippen LogP contribution in [-0.4, -0.2) is 46.4 Å². The van der Waals surface area contributed by atoms with Gasteiger partial charge in [-0.3, -0.25) is 14.3 Å². The average Bonchev–Trinajstić information content (AvgIpc) is 3.73. The lowest BCUT2D eigenvalue weighted by molar-refractivity contribution is -0.664. The van der Waals surface area contributed by atoms with Crippen LogP contribution in [0.2, 0.25) is 0 Å². The van der Waals surface area contributed by atoms with Gasteiger partial charge in [0.25, 0.3) is 11.2 Å². The number of rotatable bonds is 10. The molecule has 1 fully saturated rings. The topological polar surface area (TPSA) is 201 Å². The summed E-state index contributed by atoms with van der Waals surface area (Å²) in [5, 5.41) is 0. The molecule has 0 amide bonds. The molecule has 5 aromatic rings. The highest BCUT2D eigenvalue weighted by Gasteiger charge is 2.39. The van der Waals surface area contributed by atoms with Gasteiger partial charge in [-0.2, -0.15) is 13.9 Å². The number of hydrogen-bond donors (Lipinski definition) is 4. The van der Waals surface area contributed by atoms with Gasteiger partial charge in [-0.25, -0.2) is 23.0 Å². The SMILES string of the molecule is Nc1nc2c(c(=O)[nH]1)[n+](Cc1ccc(-c3ccccc3)cc1)cn2C1CCC(COP(=O)(O)OP(=O)(O)n2ccnc2)O1. The Bertz CT molecular complexity index is 1890. The number of benzene rings is 2. The van der Waals surface area contributed by atoms with Gasteiger partial charge in [0, 0.05) is 18.8 Å². The summed E-state index contributed by atoms with van der Waals surface area (Å²) in [6.07, 6.45) is 4.66. The lowest BCUT2D eigenvalue weighted by atomic mass is 10.0. The van der Waals surface area contributed by atoms with Gasteiger partial charge in [0.15, 0.2) is 0 Å². The van der Waals surface area contributed by atoms with Crippen molar-refractivity contribution in [2.45, 2.75) is 31.7 Å². The molecule has 5 N–H and O–H groups in total. The highest BCUT2D eigenvalue weighted by atomic mass is 31.3. The van der Waals surface area contributed by atoms with Crippen LogP contribution in [0.4, 0.5) is 5.95 Å². The van der Waals surface area contributed by atoms with E-state index >= 15 is 0 Å². The van der Waals surface area contributed by atoms with E-state index in [1.807, 2.05) is 54.6 Å². The molecule has 0 saturated carbocycles. The number of ether oxygens (including phenoxy) is 1. The lowest BCUT2D eigenvalue weighted by Gasteiger charge is -2.18. The summed E-state index contributed by atoms with van der Waals surface area (Å²) in [6, 6.07) is 18.0. The van der Waals surface area contributed by atoms with Crippen LogP contribution < -0.4 is 15.9 Å². The predicted molar refractivity (Wildman–Crippen MR) is 153 cm³/mol. The first kappa shape index (κ1) is 29.1. The Morgan fingerprint density at radius 2 is 1.84 bits per heavy atom. The zero-order valence-corrected chi connectivity index (χ0v) is 24.3. The van der Waals surface area contributed by atoms with Gasteiger partial charge in [-0.05, 0) is 23.1 Å². The molecular weight excluding hydrogens is 600 g/mol. The van der Waals surface area contributed by atoms with Gasteiger partial charge in [0.05, 0.1) is 12.7 Å². The molecule has 17 heteroatoms. The molecule has 2 aromatic carbocycles. The second kappa shape index (κ2) is 11.6. The standard InChI is InChI=1S/C26H27N7O8P2/c27-26-29-24-23(25(34)30-26)31(14-18-6-8-20(9-7-18)19-4-2-1-3-5-19)17-33(24)22-11-10-21(40-22)15-39-43(37,38)41-42(35,36)32-13-12-28-16-32/h1-9,12-13,16-17,21-22H,10-11,14-15H2,(H4-,27,29,30,34,35,36,37,38)/p+1. The highest BCUT2D eigenvalue weighted by Crippen LogP contribution is 2.60. The maximum atomic E-state index is 13.0. The highest BCUT2D eigenvalue weighted by molar-refractivity contribution is 7.63. The van der Waals surface area contributed by atoms with Crippen molar-refractivity contribution < 1.29 is 37.1 Å². The van der Waals surface area contributed by atoms with E-state index in [1.54, 1.807) is 15.5 Å². The summed E-state index contributed by atoms with van der Waals surface area (Å²) in [5.74, 6) is -0.0567. The normalized spacial score (nSPS) is 19.8. The molecule has 224 valence electrons. The van der Waals surface area contributed by atoms with Gasteiger partial charge in [-0.15, -0.1) is 0 Å². The van der Waals surface area contributed by atoms with Gasteiger partial charge in [0.1, 0.15) is 12.9 Å². The van der Waals surface area contributed by atoms with Crippen molar-refractivity contribution in [3.63, 3.8) is 0 Å². The van der Waals surface area contributed by atoms with E-state index in [-0.39, 0.29) is 5.95 Å². The maximum Gasteiger partial charge on any atom is 0.480 e. The molecule has 0 spiro atoms. The molecule has 15 nitrogen and oxygen atoms in total. The zero-order valence-electron chi connectivity index (χ0n) is 22.5. The van der Waals surface area contributed by atoms with E-state index < -0.39 is 40.1 Å². The quantitative estimate of drug-likeness (QED) is 0.131. The second-order valence-corrected chi connectivity index (χ2v) is 13.2. The number of fused-ring (bicyclic) bond motifs is 1. The lowest BCUT2D eigenvalue weighted by Crippen LogP contribution is -2.37. The number of nitrogens with one attached hydrogen (secondary N) is 1. The third-order valence-corrected chi connectivity index (χ3v) is 9.89. The molecule has 0 radical (unpaired) electrons. The van der Waals surface area contributed by atoms with Crippen LogP contribution in [0.25, 0.3) is 22.3 Å². The van der Waals surface area contributed by atoms with Crippen LogP contribution in [-0.2, 0) is 29.2 Å². The second-order valence-electron chi connectivity index (χ2n) is 9.91. The Kier molecular flexibility index (Phi) is 7.88. The molecule has 1 aliphatic rings. The summed E-state index contributed by atoms with van der Waals surface area (Å²) in [7, 11) is -9.64. The molecular formula is C26H28N7O8P2+. The molecule has 1 saturated heterocycles. The number of aromatic amines is 1. The van der Waals surface area contributed by atoms with Gasteiger partial charge < -0.3 is 20.3 Å². The van der Waals surface area contributed by atoms with Crippen molar-refractivity contribution >= 4 is 32.7 Å². The molecule has 0 aliphatic carbocycles. The Morgan fingerprint density at radius 3 is 2.56 bits per heavy atom. The molecule has 0 bridgehead atoms. The Hall–Kier alpha value is -3.94. The molecule has 4 heterocycles. The van der Waals surface area contributed by atoms with E-state index in [4.69, 9.17) is 15.0 Å². The van der Waals surface area contributed by atoms with Crippen molar-refractivity contribution in [3.05, 3.63) is 95.6 Å². The van der Waals surface area contributed by atoms with Crippen LogP contribution in [0.1, 0.15) is 24.6 Å². The van der Waals surface area contributed by atoms with E-state index in [0.29, 0.717) is 34.9 Å². The van der Waals surface area contributed by atoms with E-state index in [0.717, 1.165) is 29.2 Å². The number of nitrogen functional groups attached to an aromatic ring is 1. The van der Waals surface area contributed by atoms with Crippen molar-refractivity contribution in [3.8, 4) is 11.1 Å². The smallest absolute Gasteiger partial charge is 0.369 e. The van der Waals surface area contributed by atoms with Crippen LogP contribution in [0, 0.1) is 0 Å². The largest absolute Gasteiger partial charge is 0.480 e. The number of H-pyrrole nitrogens is 1. The van der Waals surface area contributed by atoms with Gasteiger partial charge >= 0.3 is 21.1 Å². The maximum absolute atomic E-state index is 13.0. The fourth-order valence-corrected chi connectivity index (χ4v) is 7.30. The van der Waals surface area contributed by atoms with Crippen LogP contribution in [0.3, 0.4) is 0 Å². The van der Waals surface area contributed by atoms with Crippen LogP contribution >= 0.6 is 15.6 Å². The number of nitrogens with zero attached hydrogens (tertiary/aromatic N) is 5. The van der Waals surface area contributed by atoms with Crippen LogP contribution in [0.5, 0.6) is 0 Å². The minimum absolute atomic E-state index is 0.0567. The molecule has 4 atom stereocenters. The number of aromatic nitrogens is 6. The first-order chi connectivity index (χ1) is 20.6. The number of hydrogen-bond acceptors (Lipinski definition) is 9. The minimum atomic E-state index is -4.94. The molecule has 43 heavy (non-hydrogen) atoms. The Labute approximate surface area is 244 Å². The third kappa shape index (κ3) is 6.38.